The average molecular weight is 298 g/mol. The predicted molar refractivity (Wildman–Crippen MR) is 74.3 cm³/mol. The summed E-state index contributed by atoms with van der Waals surface area (Å²) in [7, 11) is 0. The van der Waals surface area contributed by atoms with Gasteiger partial charge < -0.3 is 15.4 Å². The first-order valence-corrected chi connectivity index (χ1v) is 7.19. The molecule has 0 radical (unpaired) electrons. The Hall–Kier alpha value is -1.67. The summed E-state index contributed by atoms with van der Waals surface area (Å²) in [5.74, 6) is -0.864. The van der Waals surface area contributed by atoms with Crippen LogP contribution in [-0.4, -0.2) is 72.7 Å². The lowest BCUT2D eigenvalue weighted by Crippen LogP contribution is -2.50. The van der Waals surface area contributed by atoms with Crippen LogP contribution >= 0.6 is 0 Å². The third-order valence-corrected chi connectivity index (χ3v) is 3.70. The van der Waals surface area contributed by atoms with E-state index in [0.717, 1.165) is 26.2 Å². The maximum atomic E-state index is 12.4. The maximum Gasteiger partial charge on any atom is 0.326 e. The van der Waals surface area contributed by atoms with Crippen LogP contribution in [0.5, 0.6) is 0 Å². The fourth-order valence-electron chi connectivity index (χ4n) is 2.55. The van der Waals surface area contributed by atoms with Gasteiger partial charge in [-0.25, -0.2) is 9.69 Å². The van der Waals surface area contributed by atoms with Gasteiger partial charge in [0.1, 0.15) is 5.54 Å². The van der Waals surface area contributed by atoms with Gasteiger partial charge in [-0.3, -0.25) is 14.5 Å². The molecule has 2 aliphatic heterocycles. The van der Waals surface area contributed by atoms with Crippen LogP contribution in [0.4, 0.5) is 4.79 Å². The Kier molecular flexibility index (Phi) is 4.79. The van der Waals surface area contributed by atoms with Crippen molar-refractivity contribution in [3.8, 4) is 0 Å². The lowest BCUT2D eigenvalue weighted by atomic mass is 9.98. The highest BCUT2D eigenvalue weighted by atomic mass is 16.5. The van der Waals surface area contributed by atoms with Crippen molar-refractivity contribution in [1.29, 1.82) is 0 Å². The highest BCUT2D eigenvalue weighted by Gasteiger charge is 2.49. The number of carbonyl (C=O) groups is 3. The Morgan fingerprint density at radius 2 is 2.00 bits per heavy atom. The van der Waals surface area contributed by atoms with Crippen LogP contribution in [0.25, 0.3) is 0 Å². The number of esters is 1. The highest BCUT2D eigenvalue weighted by Crippen LogP contribution is 2.22. The number of hydrogen-bond acceptors (Lipinski definition) is 6. The van der Waals surface area contributed by atoms with Crippen molar-refractivity contribution in [2.24, 2.45) is 0 Å². The summed E-state index contributed by atoms with van der Waals surface area (Å²) in [6.45, 7) is 7.00. The van der Waals surface area contributed by atoms with Crippen LogP contribution < -0.4 is 10.6 Å². The fourth-order valence-corrected chi connectivity index (χ4v) is 2.55. The van der Waals surface area contributed by atoms with Crippen molar-refractivity contribution in [3.63, 3.8) is 0 Å². The van der Waals surface area contributed by atoms with Crippen molar-refractivity contribution in [2.75, 3.05) is 39.5 Å². The molecular weight excluding hydrogens is 276 g/mol. The van der Waals surface area contributed by atoms with E-state index in [4.69, 9.17) is 4.74 Å². The summed E-state index contributed by atoms with van der Waals surface area (Å²) < 4.78 is 4.86. The third-order valence-electron chi connectivity index (χ3n) is 3.70. The molecule has 0 aromatic rings. The Labute approximate surface area is 123 Å². The van der Waals surface area contributed by atoms with Gasteiger partial charge in [0, 0.05) is 26.2 Å². The second-order valence-electron chi connectivity index (χ2n) is 5.49. The first kappa shape index (κ1) is 15.7. The Balaban J connectivity index is 1.99. The van der Waals surface area contributed by atoms with Crippen molar-refractivity contribution < 1.29 is 19.1 Å². The minimum Gasteiger partial charge on any atom is -0.466 e. The predicted octanol–water partition coefficient (Wildman–Crippen LogP) is -0.887. The highest BCUT2D eigenvalue weighted by molar-refractivity contribution is 6.08. The van der Waals surface area contributed by atoms with Crippen LogP contribution in [0.2, 0.25) is 0 Å². The molecule has 2 aliphatic rings. The molecule has 2 N–H and O–H groups in total. The molecule has 2 rings (SSSR count). The zero-order chi connectivity index (χ0) is 15.5. The maximum absolute atomic E-state index is 12.4. The molecule has 2 heterocycles. The smallest absolute Gasteiger partial charge is 0.326 e. The van der Waals surface area contributed by atoms with E-state index >= 15 is 0 Å². The number of nitrogens with one attached hydrogen (secondary N) is 2. The number of rotatable bonds is 5. The molecular formula is C13H22N4O4. The van der Waals surface area contributed by atoms with E-state index in [2.05, 4.69) is 10.6 Å². The first-order valence-electron chi connectivity index (χ1n) is 7.19. The summed E-state index contributed by atoms with van der Waals surface area (Å²) in [6, 6.07) is -0.453. The third kappa shape index (κ3) is 3.51. The number of ether oxygens (including phenoxy) is 1. The zero-order valence-corrected chi connectivity index (χ0v) is 12.5. The van der Waals surface area contributed by atoms with Crippen LogP contribution in [0.1, 0.15) is 20.3 Å². The molecule has 0 spiro atoms. The van der Waals surface area contributed by atoms with Crippen LogP contribution in [-0.2, 0) is 14.3 Å². The lowest BCUT2D eigenvalue weighted by molar-refractivity contribution is -0.147. The molecule has 0 saturated carbocycles. The molecule has 118 valence electrons. The van der Waals surface area contributed by atoms with Crippen molar-refractivity contribution in [3.05, 3.63) is 0 Å². The minimum atomic E-state index is -1.21. The first-order chi connectivity index (χ1) is 9.96. The second-order valence-corrected chi connectivity index (χ2v) is 5.49. The zero-order valence-electron chi connectivity index (χ0n) is 12.5. The molecule has 8 nitrogen and oxygen atoms in total. The summed E-state index contributed by atoms with van der Waals surface area (Å²) in [5.41, 5.74) is -1.21. The van der Waals surface area contributed by atoms with E-state index in [9.17, 15) is 14.4 Å². The van der Waals surface area contributed by atoms with Gasteiger partial charge in [0.25, 0.3) is 5.91 Å². The van der Waals surface area contributed by atoms with E-state index in [1.165, 1.54) is 4.90 Å². The number of piperazine rings is 1. The molecule has 2 fully saturated rings. The molecule has 0 aromatic carbocycles. The number of nitrogens with zero attached hydrogens (tertiary/aromatic N) is 2. The normalized spacial score (nSPS) is 26.9. The molecule has 21 heavy (non-hydrogen) atoms. The van der Waals surface area contributed by atoms with Gasteiger partial charge in [0.2, 0.25) is 0 Å². The van der Waals surface area contributed by atoms with Gasteiger partial charge in [-0.05, 0) is 13.8 Å². The quantitative estimate of drug-likeness (QED) is 0.505. The van der Waals surface area contributed by atoms with Crippen molar-refractivity contribution in [1.82, 2.24) is 20.4 Å². The van der Waals surface area contributed by atoms with Crippen molar-refractivity contribution >= 4 is 17.9 Å². The fraction of sp³-hybridized carbons (Fsp3) is 0.769. The molecule has 0 bridgehead atoms. The number of hydrogen-bond donors (Lipinski definition) is 2. The Morgan fingerprint density at radius 1 is 1.33 bits per heavy atom. The summed E-state index contributed by atoms with van der Waals surface area (Å²) in [4.78, 5) is 39.2. The van der Waals surface area contributed by atoms with Gasteiger partial charge in [-0.1, -0.05) is 0 Å². The summed E-state index contributed by atoms with van der Waals surface area (Å²) in [5, 5.41) is 5.81. The number of urea groups is 1. The van der Waals surface area contributed by atoms with Crippen LogP contribution in [0, 0.1) is 0 Å². The van der Waals surface area contributed by atoms with E-state index in [1.807, 2.05) is 4.90 Å². The minimum absolute atomic E-state index is 0.149. The van der Waals surface area contributed by atoms with Crippen molar-refractivity contribution in [2.45, 2.75) is 25.8 Å². The van der Waals surface area contributed by atoms with Crippen LogP contribution in [0.15, 0.2) is 0 Å². The second kappa shape index (κ2) is 6.40. The standard InChI is InChI=1S/C13H22N4O4/c1-3-21-10(18)8-13(2)11(19)17(12(20)15-13)9-16-6-4-14-5-7-16/h14H,3-9H2,1-2H3,(H,15,20). The molecule has 0 aliphatic carbocycles. The lowest BCUT2D eigenvalue weighted by Gasteiger charge is -2.30. The van der Waals surface area contributed by atoms with Gasteiger partial charge in [0.05, 0.1) is 19.7 Å². The van der Waals surface area contributed by atoms with Crippen LogP contribution in [0.3, 0.4) is 0 Å². The SMILES string of the molecule is CCOC(=O)CC1(C)NC(=O)N(CN2CCNCC2)C1=O. The topological polar surface area (TPSA) is 91.0 Å². The molecule has 8 heteroatoms. The molecule has 1 unspecified atom stereocenters. The van der Waals surface area contributed by atoms with Gasteiger partial charge in [-0.2, -0.15) is 0 Å². The van der Waals surface area contributed by atoms with E-state index in [1.54, 1.807) is 13.8 Å². The number of carbonyl (C=O) groups excluding carboxylic acids is 3. The van der Waals surface area contributed by atoms with E-state index in [0.29, 0.717) is 0 Å². The average Bonchev–Trinajstić information content (AvgIpc) is 2.63. The Bertz CT molecular complexity index is 436. The summed E-state index contributed by atoms with van der Waals surface area (Å²) >= 11 is 0. The Morgan fingerprint density at radius 3 is 2.62 bits per heavy atom. The molecule has 2 saturated heterocycles. The molecule has 1 atom stereocenters. The summed E-state index contributed by atoms with van der Waals surface area (Å²) in [6.07, 6.45) is -0.149. The largest absolute Gasteiger partial charge is 0.466 e. The van der Waals surface area contributed by atoms with Gasteiger partial charge >= 0.3 is 12.0 Å². The number of imide groups is 1. The molecule has 0 aromatic heterocycles. The van der Waals surface area contributed by atoms with E-state index < -0.39 is 17.5 Å². The molecule has 3 amide bonds. The van der Waals surface area contributed by atoms with Gasteiger partial charge in [-0.15, -0.1) is 0 Å². The number of amides is 3. The van der Waals surface area contributed by atoms with E-state index in [-0.39, 0.29) is 25.6 Å². The monoisotopic (exact) mass is 298 g/mol. The van der Waals surface area contributed by atoms with Gasteiger partial charge in [0.15, 0.2) is 0 Å².